The van der Waals surface area contributed by atoms with Gasteiger partial charge in [0.1, 0.15) is 22.6 Å². The Bertz CT molecular complexity index is 591. The van der Waals surface area contributed by atoms with Crippen LogP contribution in [-0.2, 0) is 4.74 Å². The third-order valence-electron chi connectivity index (χ3n) is 2.65. The number of aromatic nitrogens is 2. The van der Waals surface area contributed by atoms with E-state index < -0.39 is 0 Å². The molecule has 2 aromatic rings. The number of carbonyl (C=O) groups excluding carboxylic acids is 1. The minimum Gasteiger partial charge on any atom is -0.466 e. The lowest BCUT2D eigenvalue weighted by atomic mass is 10.2. The molecule has 1 amide bonds. The van der Waals surface area contributed by atoms with Crippen LogP contribution in [0.25, 0.3) is 0 Å². The molecule has 6 nitrogen and oxygen atoms in total. The molecule has 0 aliphatic carbocycles. The predicted octanol–water partition coefficient (Wildman–Crippen LogP) is 2.71. The fourth-order valence-electron chi connectivity index (χ4n) is 1.57. The highest BCUT2D eigenvalue weighted by atomic mass is 32.1. The third kappa shape index (κ3) is 2.99. The predicted molar refractivity (Wildman–Crippen MR) is 71.5 cm³/mol. The largest absolute Gasteiger partial charge is 0.466 e. The van der Waals surface area contributed by atoms with Crippen LogP contribution in [0.1, 0.15) is 39.9 Å². The summed E-state index contributed by atoms with van der Waals surface area (Å²) in [7, 11) is 1.60. The molecule has 2 heterocycles. The van der Waals surface area contributed by atoms with Crippen molar-refractivity contribution in [3.63, 3.8) is 0 Å². The maximum absolute atomic E-state index is 12.0. The van der Waals surface area contributed by atoms with E-state index in [9.17, 15) is 4.79 Å². The molecule has 0 fully saturated rings. The van der Waals surface area contributed by atoms with E-state index in [1.165, 1.54) is 11.3 Å². The van der Waals surface area contributed by atoms with Gasteiger partial charge in [-0.25, -0.2) is 0 Å². The Labute approximate surface area is 114 Å². The van der Waals surface area contributed by atoms with E-state index in [2.05, 4.69) is 15.5 Å². The number of carbonyl (C=O) groups is 1. The monoisotopic (exact) mass is 281 g/mol. The lowest BCUT2D eigenvalue weighted by molar-refractivity contribution is 0.102. The van der Waals surface area contributed by atoms with Gasteiger partial charge in [-0.1, -0.05) is 11.3 Å². The molecule has 0 aliphatic rings. The van der Waals surface area contributed by atoms with Gasteiger partial charge in [0.15, 0.2) is 0 Å². The van der Waals surface area contributed by atoms with Gasteiger partial charge < -0.3 is 9.15 Å². The van der Waals surface area contributed by atoms with Crippen molar-refractivity contribution in [1.29, 1.82) is 0 Å². The standard InChI is InChI=1S/C12H15N3O3S/c1-6-5-9(7(2)18-6)10(16)13-12-15-14-11(19-12)8(3)17-4/h5,8H,1-4H3,(H,13,15,16). The second kappa shape index (κ2) is 5.50. The van der Waals surface area contributed by atoms with Gasteiger partial charge in [-0.15, -0.1) is 10.2 Å². The first-order chi connectivity index (χ1) is 9.01. The Balaban J connectivity index is 2.11. The topological polar surface area (TPSA) is 77.3 Å². The molecule has 0 spiro atoms. The highest BCUT2D eigenvalue weighted by Gasteiger charge is 2.17. The van der Waals surface area contributed by atoms with Gasteiger partial charge in [0.2, 0.25) is 5.13 Å². The second-order valence-corrected chi connectivity index (χ2v) is 5.11. The van der Waals surface area contributed by atoms with E-state index in [0.717, 1.165) is 5.01 Å². The van der Waals surface area contributed by atoms with Gasteiger partial charge in [0.05, 0.1) is 5.56 Å². The number of furan rings is 1. The molecule has 0 saturated heterocycles. The van der Waals surface area contributed by atoms with Crippen molar-refractivity contribution >= 4 is 22.4 Å². The second-order valence-electron chi connectivity index (χ2n) is 4.10. The molecule has 0 aliphatic heterocycles. The van der Waals surface area contributed by atoms with Gasteiger partial charge >= 0.3 is 0 Å². The molecule has 0 radical (unpaired) electrons. The fourth-order valence-corrected chi connectivity index (χ4v) is 2.34. The molecule has 2 rings (SSSR count). The highest BCUT2D eigenvalue weighted by molar-refractivity contribution is 7.15. The molecule has 0 aromatic carbocycles. The third-order valence-corrected chi connectivity index (χ3v) is 3.65. The number of nitrogens with zero attached hydrogens (tertiary/aromatic N) is 2. The average Bonchev–Trinajstić information content (AvgIpc) is 2.95. The summed E-state index contributed by atoms with van der Waals surface area (Å²) in [6.45, 7) is 5.42. The van der Waals surface area contributed by atoms with Gasteiger partial charge in [-0.05, 0) is 26.8 Å². The summed E-state index contributed by atoms with van der Waals surface area (Å²) < 4.78 is 10.5. The number of anilines is 1. The molecule has 1 N–H and O–H groups in total. The first-order valence-corrected chi connectivity index (χ1v) is 6.57. The summed E-state index contributed by atoms with van der Waals surface area (Å²) in [5.41, 5.74) is 0.508. The Morgan fingerprint density at radius 1 is 1.47 bits per heavy atom. The van der Waals surface area contributed by atoms with Crippen molar-refractivity contribution in [3.05, 3.63) is 28.2 Å². The van der Waals surface area contributed by atoms with Crippen LogP contribution in [-0.4, -0.2) is 23.2 Å². The van der Waals surface area contributed by atoms with Crippen LogP contribution in [0.2, 0.25) is 0 Å². The quantitative estimate of drug-likeness (QED) is 0.932. The first kappa shape index (κ1) is 13.7. The van der Waals surface area contributed by atoms with E-state index in [-0.39, 0.29) is 12.0 Å². The zero-order chi connectivity index (χ0) is 14.0. The van der Waals surface area contributed by atoms with Gasteiger partial charge in [0, 0.05) is 7.11 Å². The van der Waals surface area contributed by atoms with Crippen LogP contribution >= 0.6 is 11.3 Å². The Morgan fingerprint density at radius 3 is 2.79 bits per heavy atom. The number of hydrogen-bond donors (Lipinski definition) is 1. The number of ether oxygens (including phenoxy) is 1. The molecule has 0 bridgehead atoms. The summed E-state index contributed by atoms with van der Waals surface area (Å²) in [4.78, 5) is 12.0. The van der Waals surface area contributed by atoms with Crippen molar-refractivity contribution < 1.29 is 13.9 Å². The lowest BCUT2D eigenvalue weighted by Gasteiger charge is -2.02. The van der Waals surface area contributed by atoms with Crippen molar-refractivity contribution in [2.45, 2.75) is 26.9 Å². The summed E-state index contributed by atoms with van der Waals surface area (Å²) in [5.74, 6) is 1.04. The summed E-state index contributed by atoms with van der Waals surface area (Å²) >= 11 is 1.29. The lowest BCUT2D eigenvalue weighted by Crippen LogP contribution is -2.11. The molecule has 0 saturated carbocycles. The van der Waals surface area contributed by atoms with Crippen molar-refractivity contribution in [1.82, 2.24) is 10.2 Å². The van der Waals surface area contributed by atoms with E-state index in [4.69, 9.17) is 9.15 Å². The van der Waals surface area contributed by atoms with E-state index in [1.54, 1.807) is 27.0 Å². The summed E-state index contributed by atoms with van der Waals surface area (Å²) in [6.07, 6.45) is -0.138. The van der Waals surface area contributed by atoms with Gasteiger partial charge in [-0.2, -0.15) is 0 Å². The van der Waals surface area contributed by atoms with Crippen molar-refractivity contribution in [2.24, 2.45) is 0 Å². The fraction of sp³-hybridized carbons (Fsp3) is 0.417. The van der Waals surface area contributed by atoms with Crippen LogP contribution in [0.4, 0.5) is 5.13 Å². The summed E-state index contributed by atoms with van der Waals surface area (Å²) in [6, 6.07) is 1.70. The maximum atomic E-state index is 12.0. The van der Waals surface area contributed by atoms with Crippen LogP contribution in [0.15, 0.2) is 10.5 Å². The Hall–Kier alpha value is -1.73. The van der Waals surface area contributed by atoms with Crippen LogP contribution < -0.4 is 5.32 Å². The van der Waals surface area contributed by atoms with E-state index in [0.29, 0.717) is 22.2 Å². The molecule has 1 atom stereocenters. The van der Waals surface area contributed by atoms with Crippen LogP contribution in [0.3, 0.4) is 0 Å². The number of methoxy groups -OCH3 is 1. The van der Waals surface area contributed by atoms with Gasteiger partial charge in [0.25, 0.3) is 5.91 Å². The summed E-state index contributed by atoms with van der Waals surface area (Å²) in [5, 5.41) is 11.7. The average molecular weight is 281 g/mol. The molecular weight excluding hydrogens is 266 g/mol. The first-order valence-electron chi connectivity index (χ1n) is 5.76. The van der Waals surface area contributed by atoms with Crippen LogP contribution in [0, 0.1) is 13.8 Å². The molecular formula is C12H15N3O3S. The minimum absolute atomic E-state index is 0.138. The smallest absolute Gasteiger partial charge is 0.261 e. The molecule has 1 unspecified atom stereocenters. The van der Waals surface area contributed by atoms with Crippen LogP contribution in [0.5, 0.6) is 0 Å². The van der Waals surface area contributed by atoms with E-state index in [1.807, 2.05) is 6.92 Å². The zero-order valence-electron chi connectivity index (χ0n) is 11.2. The Kier molecular flexibility index (Phi) is 3.96. The highest BCUT2D eigenvalue weighted by Crippen LogP contribution is 2.24. The normalized spacial score (nSPS) is 12.4. The van der Waals surface area contributed by atoms with Gasteiger partial charge in [-0.3, -0.25) is 10.1 Å². The minimum atomic E-state index is -0.248. The zero-order valence-corrected chi connectivity index (χ0v) is 12.0. The molecule has 102 valence electrons. The number of nitrogens with one attached hydrogen (secondary N) is 1. The van der Waals surface area contributed by atoms with Crippen molar-refractivity contribution in [2.75, 3.05) is 12.4 Å². The molecule has 7 heteroatoms. The molecule has 19 heavy (non-hydrogen) atoms. The molecule has 2 aromatic heterocycles. The SMILES string of the molecule is COC(C)c1nnc(NC(=O)c2cc(C)oc2C)s1. The number of aryl methyl sites for hydroxylation is 2. The number of amides is 1. The van der Waals surface area contributed by atoms with Crippen molar-refractivity contribution in [3.8, 4) is 0 Å². The number of rotatable bonds is 4. The Morgan fingerprint density at radius 2 is 2.21 bits per heavy atom. The maximum Gasteiger partial charge on any atom is 0.261 e. The number of hydrogen-bond acceptors (Lipinski definition) is 6. The van der Waals surface area contributed by atoms with E-state index >= 15 is 0 Å².